The number of esters is 1. The topological polar surface area (TPSA) is 196 Å². The zero-order valence-corrected chi connectivity index (χ0v) is 20.9. The molecule has 0 radical (unpaired) electrons. The van der Waals surface area contributed by atoms with Gasteiger partial charge in [0.15, 0.2) is 12.6 Å². The van der Waals surface area contributed by atoms with Crippen LogP contribution in [0.1, 0.15) is 71.1 Å². The maximum Gasteiger partial charge on any atom is 0.305 e. The smallest absolute Gasteiger partial charge is 0.305 e. The normalized spacial score (nSPS) is 37.1. The van der Waals surface area contributed by atoms with Crippen LogP contribution < -0.4 is 0 Å². The van der Waals surface area contributed by atoms with Gasteiger partial charge in [0.05, 0.1) is 6.61 Å². The van der Waals surface area contributed by atoms with Crippen LogP contribution in [0.4, 0.5) is 0 Å². The van der Waals surface area contributed by atoms with Crippen molar-refractivity contribution < 1.29 is 59.5 Å². The summed E-state index contributed by atoms with van der Waals surface area (Å²) in [5.41, 5.74) is 0. The van der Waals surface area contributed by atoms with E-state index in [0.29, 0.717) is 6.42 Å². The second kappa shape index (κ2) is 16.1. The number of aliphatic hydroxyl groups is 7. The summed E-state index contributed by atoms with van der Waals surface area (Å²) < 4.78 is 21.2. The van der Waals surface area contributed by atoms with Crippen LogP contribution in [0.2, 0.25) is 0 Å². The lowest BCUT2D eigenvalue weighted by Gasteiger charge is -2.44. The Morgan fingerprint density at radius 3 is 1.67 bits per heavy atom. The Hall–Kier alpha value is -0.930. The molecule has 0 aromatic carbocycles. The highest BCUT2D eigenvalue weighted by molar-refractivity contribution is 5.69. The van der Waals surface area contributed by atoms with E-state index in [-0.39, 0.29) is 6.42 Å². The van der Waals surface area contributed by atoms with E-state index in [0.717, 1.165) is 19.3 Å². The fourth-order valence-electron chi connectivity index (χ4n) is 4.31. The molecule has 2 aliphatic heterocycles. The Kier molecular flexibility index (Phi) is 14.0. The third-order valence-electron chi connectivity index (χ3n) is 6.68. The Morgan fingerprint density at radius 2 is 1.14 bits per heavy atom. The predicted octanol–water partition coefficient (Wildman–Crippen LogP) is -0.925. The third-order valence-corrected chi connectivity index (χ3v) is 6.68. The number of rotatable bonds is 15. The molecule has 36 heavy (non-hydrogen) atoms. The Labute approximate surface area is 211 Å². The average Bonchev–Trinajstić information content (AvgIpc) is 2.87. The number of hydrogen-bond donors (Lipinski definition) is 7. The minimum absolute atomic E-state index is 0.203. The highest BCUT2D eigenvalue weighted by Crippen LogP contribution is 2.28. The van der Waals surface area contributed by atoms with Gasteiger partial charge in [-0.3, -0.25) is 4.79 Å². The summed E-state index contributed by atoms with van der Waals surface area (Å²) >= 11 is 0. The largest absolute Gasteiger partial charge is 0.463 e. The monoisotopic (exact) mass is 524 g/mol. The van der Waals surface area contributed by atoms with Crippen LogP contribution in [-0.2, 0) is 23.7 Å². The standard InChI is InChI=1S/C24H44O12/c1-2-3-4-5-6-7-8-9-10-11-16(26)33-13-15-18(28)20(30)22(32)24(35-15)36-23-21(31)19(29)17(27)14(12-25)34-23/h14-15,17-25,27-32H,2-13H2,1H3/t14-,15+,17-,18-,19+,20+,21+,22+,23-,24-/m1/s1. The average molecular weight is 525 g/mol. The summed E-state index contributed by atoms with van der Waals surface area (Å²) in [4.78, 5) is 12.1. The van der Waals surface area contributed by atoms with Crippen molar-refractivity contribution in [1.82, 2.24) is 0 Å². The van der Waals surface area contributed by atoms with E-state index in [1.54, 1.807) is 0 Å². The number of ether oxygens (including phenoxy) is 4. The van der Waals surface area contributed by atoms with Gasteiger partial charge in [-0.15, -0.1) is 0 Å². The molecule has 0 aromatic heterocycles. The highest BCUT2D eigenvalue weighted by Gasteiger charge is 2.49. The molecule has 2 saturated heterocycles. The summed E-state index contributed by atoms with van der Waals surface area (Å²) in [6.07, 6.45) is -5.76. The van der Waals surface area contributed by atoms with Crippen LogP contribution in [0, 0.1) is 0 Å². The van der Waals surface area contributed by atoms with Crippen molar-refractivity contribution in [1.29, 1.82) is 0 Å². The first-order valence-electron chi connectivity index (χ1n) is 13.0. The van der Waals surface area contributed by atoms with Crippen LogP contribution in [0.15, 0.2) is 0 Å². The first kappa shape index (κ1) is 31.3. The summed E-state index contributed by atoms with van der Waals surface area (Å²) in [6, 6.07) is 0. The lowest BCUT2D eigenvalue weighted by molar-refractivity contribution is -0.376. The Bertz CT molecular complexity index is 620. The molecular weight excluding hydrogens is 480 g/mol. The van der Waals surface area contributed by atoms with Gasteiger partial charge >= 0.3 is 5.97 Å². The second-order valence-electron chi connectivity index (χ2n) is 9.61. The zero-order valence-electron chi connectivity index (χ0n) is 20.9. The van der Waals surface area contributed by atoms with E-state index < -0.39 is 80.6 Å². The molecule has 0 spiro atoms. The molecule has 0 aromatic rings. The molecule has 12 heteroatoms. The molecule has 212 valence electrons. The van der Waals surface area contributed by atoms with E-state index in [4.69, 9.17) is 18.9 Å². The summed E-state index contributed by atoms with van der Waals surface area (Å²) in [6.45, 7) is 1.09. The maximum atomic E-state index is 12.1. The van der Waals surface area contributed by atoms with E-state index in [1.807, 2.05) is 0 Å². The highest BCUT2D eigenvalue weighted by atomic mass is 16.8. The summed E-state index contributed by atoms with van der Waals surface area (Å²) in [5.74, 6) is -0.485. The lowest BCUT2D eigenvalue weighted by Crippen LogP contribution is -2.63. The van der Waals surface area contributed by atoms with Crippen molar-refractivity contribution in [3.63, 3.8) is 0 Å². The van der Waals surface area contributed by atoms with Crippen LogP contribution in [0.25, 0.3) is 0 Å². The quantitative estimate of drug-likeness (QED) is 0.103. The van der Waals surface area contributed by atoms with Crippen LogP contribution in [0.3, 0.4) is 0 Å². The van der Waals surface area contributed by atoms with Gasteiger partial charge in [-0.1, -0.05) is 58.3 Å². The first-order chi connectivity index (χ1) is 17.2. The molecule has 2 aliphatic rings. The number of unbranched alkanes of at least 4 members (excludes halogenated alkanes) is 8. The second-order valence-corrected chi connectivity index (χ2v) is 9.61. The molecule has 7 N–H and O–H groups in total. The van der Waals surface area contributed by atoms with Gasteiger partial charge in [-0.2, -0.15) is 0 Å². The lowest BCUT2D eigenvalue weighted by atomic mass is 9.98. The van der Waals surface area contributed by atoms with Crippen molar-refractivity contribution in [3.8, 4) is 0 Å². The van der Waals surface area contributed by atoms with E-state index in [1.165, 1.54) is 32.1 Å². The van der Waals surface area contributed by atoms with Crippen molar-refractivity contribution in [2.75, 3.05) is 13.2 Å². The molecule has 0 saturated carbocycles. The van der Waals surface area contributed by atoms with Gasteiger partial charge in [0.1, 0.15) is 55.4 Å². The number of hydrogen-bond acceptors (Lipinski definition) is 12. The zero-order chi connectivity index (χ0) is 26.7. The van der Waals surface area contributed by atoms with Gasteiger partial charge in [0, 0.05) is 6.42 Å². The number of aliphatic hydroxyl groups excluding tert-OH is 7. The van der Waals surface area contributed by atoms with Crippen molar-refractivity contribution in [3.05, 3.63) is 0 Å². The van der Waals surface area contributed by atoms with Crippen molar-refractivity contribution >= 4 is 5.97 Å². The number of carbonyl (C=O) groups excluding carboxylic acids is 1. The van der Waals surface area contributed by atoms with Crippen LogP contribution >= 0.6 is 0 Å². The molecule has 0 bridgehead atoms. The predicted molar refractivity (Wildman–Crippen MR) is 124 cm³/mol. The van der Waals surface area contributed by atoms with Crippen LogP contribution in [-0.4, -0.2) is 116 Å². The molecular formula is C24H44O12. The third kappa shape index (κ3) is 9.12. The van der Waals surface area contributed by atoms with Gasteiger partial charge in [0.25, 0.3) is 0 Å². The van der Waals surface area contributed by atoms with E-state index in [9.17, 15) is 40.5 Å². The molecule has 0 unspecified atom stereocenters. The maximum absolute atomic E-state index is 12.1. The molecule has 10 atom stereocenters. The Morgan fingerprint density at radius 1 is 0.667 bits per heavy atom. The fraction of sp³-hybridized carbons (Fsp3) is 0.958. The van der Waals surface area contributed by atoms with E-state index >= 15 is 0 Å². The summed E-state index contributed by atoms with van der Waals surface area (Å²) in [7, 11) is 0. The molecule has 0 aliphatic carbocycles. The molecule has 12 nitrogen and oxygen atoms in total. The number of carbonyl (C=O) groups is 1. The molecule has 2 fully saturated rings. The summed E-state index contributed by atoms with van der Waals surface area (Å²) in [5, 5.41) is 69.8. The van der Waals surface area contributed by atoms with Gasteiger partial charge in [-0.25, -0.2) is 0 Å². The minimum atomic E-state index is -1.76. The fourth-order valence-corrected chi connectivity index (χ4v) is 4.31. The molecule has 2 rings (SSSR count). The van der Waals surface area contributed by atoms with Gasteiger partial charge < -0.3 is 54.7 Å². The van der Waals surface area contributed by atoms with Gasteiger partial charge in [0.2, 0.25) is 0 Å². The van der Waals surface area contributed by atoms with E-state index in [2.05, 4.69) is 6.92 Å². The van der Waals surface area contributed by atoms with Crippen molar-refractivity contribution in [2.45, 2.75) is 133 Å². The van der Waals surface area contributed by atoms with Crippen molar-refractivity contribution in [2.24, 2.45) is 0 Å². The SMILES string of the molecule is CCCCCCCCCCCC(=O)OC[C@@H]1O[C@H](O[C@H]2O[C@H](CO)[C@@H](O)[C@H](O)[C@@H]2O)[C@@H](O)[C@@H](O)[C@@H]1O. The van der Waals surface area contributed by atoms with Gasteiger partial charge in [-0.05, 0) is 6.42 Å². The molecule has 0 amide bonds. The first-order valence-corrected chi connectivity index (χ1v) is 13.0. The van der Waals surface area contributed by atoms with Crippen LogP contribution in [0.5, 0.6) is 0 Å². The minimum Gasteiger partial charge on any atom is -0.463 e. The Balaban J connectivity index is 1.76. The molecule has 2 heterocycles.